The van der Waals surface area contributed by atoms with Crippen LogP contribution in [0.3, 0.4) is 0 Å². The van der Waals surface area contributed by atoms with Crippen LogP contribution in [0.1, 0.15) is 52.9 Å². The van der Waals surface area contributed by atoms with E-state index in [1.807, 2.05) is 0 Å². The Morgan fingerprint density at radius 3 is 2.37 bits per heavy atom. The molecule has 0 aromatic heterocycles. The third-order valence-corrected chi connectivity index (χ3v) is 6.02. The number of rotatable bonds is 9. The molecule has 2 rings (SSSR count). The number of aliphatic imine (C=N–C) groups is 1. The number of nitrogens with zero attached hydrogens (tertiary/aromatic N) is 2. The van der Waals surface area contributed by atoms with Gasteiger partial charge in [-0.3, -0.25) is 4.99 Å². The lowest BCUT2D eigenvalue weighted by Crippen LogP contribution is -2.49. The highest BCUT2D eigenvalue weighted by Gasteiger charge is 2.26. The van der Waals surface area contributed by atoms with Crippen molar-refractivity contribution in [1.29, 1.82) is 0 Å². The van der Waals surface area contributed by atoms with E-state index in [0.29, 0.717) is 6.04 Å². The molecule has 1 saturated heterocycles. The molecule has 0 atom stereocenters. The number of piperidine rings is 1. The van der Waals surface area contributed by atoms with E-state index < -0.39 is 0 Å². The van der Waals surface area contributed by atoms with Gasteiger partial charge in [-0.2, -0.15) is 0 Å². The van der Waals surface area contributed by atoms with E-state index >= 15 is 0 Å². The van der Waals surface area contributed by atoms with Crippen LogP contribution in [0.25, 0.3) is 0 Å². The number of aliphatic hydroxyl groups excluding tert-OH is 1. The zero-order chi connectivity index (χ0) is 19.5. The molecule has 0 radical (unpaired) electrons. The first-order valence-electron chi connectivity index (χ1n) is 10.6. The Kier molecular flexibility index (Phi) is 8.92. The summed E-state index contributed by atoms with van der Waals surface area (Å²) in [6.45, 7) is 10.5. The van der Waals surface area contributed by atoms with Gasteiger partial charge in [-0.15, -0.1) is 0 Å². The minimum absolute atomic E-state index is 0.105. The van der Waals surface area contributed by atoms with E-state index in [9.17, 15) is 5.11 Å². The topological polar surface area (TPSA) is 59.9 Å². The van der Waals surface area contributed by atoms with Crippen LogP contribution in [0.5, 0.6) is 0 Å². The largest absolute Gasteiger partial charge is 0.396 e. The molecule has 5 nitrogen and oxygen atoms in total. The van der Waals surface area contributed by atoms with Crippen molar-refractivity contribution in [3.8, 4) is 0 Å². The summed E-state index contributed by atoms with van der Waals surface area (Å²) >= 11 is 0. The molecular weight excluding hydrogens is 336 g/mol. The Hall–Kier alpha value is -1.75. The monoisotopic (exact) mass is 374 g/mol. The van der Waals surface area contributed by atoms with Gasteiger partial charge in [0.15, 0.2) is 5.96 Å². The van der Waals surface area contributed by atoms with Gasteiger partial charge in [-0.05, 0) is 56.6 Å². The van der Waals surface area contributed by atoms with Crippen molar-refractivity contribution in [2.75, 3.05) is 37.7 Å². The zero-order valence-electron chi connectivity index (χ0n) is 17.4. The maximum absolute atomic E-state index is 9.43. The Morgan fingerprint density at radius 1 is 1.15 bits per heavy atom. The highest BCUT2D eigenvalue weighted by Crippen LogP contribution is 2.30. The average Bonchev–Trinajstić information content (AvgIpc) is 2.72. The van der Waals surface area contributed by atoms with Crippen molar-refractivity contribution in [2.45, 2.75) is 58.9 Å². The maximum atomic E-state index is 9.43. The second-order valence-electron chi connectivity index (χ2n) is 7.62. The van der Waals surface area contributed by atoms with Crippen LogP contribution in [0.4, 0.5) is 5.69 Å². The molecule has 152 valence electrons. The molecule has 0 aliphatic carbocycles. The van der Waals surface area contributed by atoms with Gasteiger partial charge in [-0.1, -0.05) is 32.0 Å². The molecule has 5 heteroatoms. The van der Waals surface area contributed by atoms with Crippen molar-refractivity contribution in [3.63, 3.8) is 0 Å². The van der Waals surface area contributed by atoms with Crippen LogP contribution in [-0.2, 0) is 0 Å². The number of hydrogen-bond donors (Lipinski definition) is 3. The fourth-order valence-electron chi connectivity index (χ4n) is 3.82. The third kappa shape index (κ3) is 6.42. The SMILES string of the molecule is CCNC(=NCC(CC)(CC)CCO)NC1CCN(c2ccccc2)CC1. The van der Waals surface area contributed by atoms with Crippen molar-refractivity contribution in [2.24, 2.45) is 10.4 Å². The lowest BCUT2D eigenvalue weighted by atomic mass is 9.79. The molecule has 1 aromatic rings. The summed E-state index contributed by atoms with van der Waals surface area (Å²) in [4.78, 5) is 7.35. The maximum Gasteiger partial charge on any atom is 0.191 e. The van der Waals surface area contributed by atoms with E-state index in [-0.39, 0.29) is 12.0 Å². The number of benzene rings is 1. The lowest BCUT2D eigenvalue weighted by Gasteiger charge is -2.35. The smallest absolute Gasteiger partial charge is 0.191 e. The Balaban J connectivity index is 1.92. The van der Waals surface area contributed by atoms with Gasteiger partial charge >= 0.3 is 0 Å². The lowest BCUT2D eigenvalue weighted by molar-refractivity contribution is 0.175. The summed E-state index contributed by atoms with van der Waals surface area (Å²) in [5.41, 5.74) is 1.42. The van der Waals surface area contributed by atoms with Crippen LogP contribution in [0.15, 0.2) is 35.3 Å². The van der Waals surface area contributed by atoms with Gasteiger partial charge < -0.3 is 20.6 Å². The predicted octanol–water partition coefficient (Wildman–Crippen LogP) is 3.40. The summed E-state index contributed by atoms with van der Waals surface area (Å²) in [6.07, 6.45) is 5.13. The normalized spacial score (nSPS) is 16.4. The Labute approximate surface area is 165 Å². The van der Waals surface area contributed by atoms with Crippen LogP contribution in [-0.4, -0.2) is 49.9 Å². The molecule has 1 aromatic carbocycles. The van der Waals surface area contributed by atoms with Gasteiger partial charge in [0.05, 0.1) is 0 Å². The molecule has 1 aliphatic rings. The molecule has 0 spiro atoms. The number of guanidine groups is 1. The van der Waals surface area contributed by atoms with E-state index in [1.54, 1.807) is 0 Å². The molecule has 0 saturated carbocycles. The Morgan fingerprint density at radius 2 is 1.81 bits per heavy atom. The quantitative estimate of drug-likeness (QED) is 0.458. The number of hydrogen-bond acceptors (Lipinski definition) is 3. The highest BCUT2D eigenvalue weighted by molar-refractivity contribution is 5.80. The van der Waals surface area contributed by atoms with Crippen LogP contribution < -0.4 is 15.5 Å². The summed E-state index contributed by atoms with van der Waals surface area (Å²) in [7, 11) is 0. The second-order valence-corrected chi connectivity index (χ2v) is 7.62. The van der Waals surface area contributed by atoms with E-state index in [4.69, 9.17) is 4.99 Å². The van der Waals surface area contributed by atoms with Crippen LogP contribution in [0, 0.1) is 5.41 Å². The van der Waals surface area contributed by atoms with Gasteiger partial charge in [-0.25, -0.2) is 0 Å². The second kappa shape index (κ2) is 11.2. The number of para-hydroxylation sites is 1. The van der Waals surface area contributed by atoms with Gasteiger partial charge in [0.1, 0.15) is 0 Å². The number of anilines is 1. The third-order valence-electron chi connectivity index (χ3n) is 6.02. The van der Waals surface area contributed by atoms with Crippen LogP contribution >= 0.6 is 0 Å². The fourth-order valence-corrected chi connectivity index (χ4v) is 3.82. The van der Waals surface area contributed by atoms with Crippen molar-refractivity contribution < 1.29 is 5.11 Å². The van der Waals surface area contributed by atoms with Crippen LogP contribution in [0.2, 0.25) is 0 Å². The van der Waals surface area contributed by atoms with E-state index in [2.05, 4.69) is 66.6 Å². The molecule has 1 fully saturated rings. The minimum Gasteiger partial charge on any atom is -0.396 e. The van der Waals surface area contributed by atoms with Crippen molar-refractivity contribution in [3.05, 3.63) is 30.3 Å². The summed E-state index contributed by atoms with van der Waals surface area (Å²) in [6, 6.07) is 11.1. The Bertz CT molecular complexity index is 549. The fraction of sp³-hybridized carbons (Fsp3) is 0.682. The zero-order valence-corrected chi connectivity index (χ0v) is 17.4. The first kappa shape index (κ1) is 21.5. The molecular formula is C22H38N4O. The molecule has 0 bridgehead atoms. The van der Waals surface area contributed by atoms with Gasteiger partial charge in [0.25, 0.3) is 0 Å². The van der Waals surface area contributed by atoms with E-state index in [0.717, 1.165) is 64.2 Å². The standard InChI is InChI=1S/C22H38N4O/c1-4-22(5-2,14-17-27)18-24-21(23-6-3)25-19-12-15-26(16-13-19)20-10-8-7-9-11-20/h7-11,19,27H,4-6,12-18H2,1-3H3,(H2,23,24,25). The van der Waals surface area contributed by atoms with Crippen molar-refractivity contribution >= 4 is 11.6 Å². The number of aliphatic hydroxyl groups is 1. The molecule has 1 aliphatic heterocycles. The van der Waals surface area contributed by atoms with Gasteiger partial charge in [0.2, 0.25) is 0 Å². The summed E-state index contributed by atoms with van der Waals surface area (Å²) in [5.74, 6) is 0.917. The number of nitrogens with one attached hydrogen (secondary N) is 2. The molecule has 1 heterocycles. The molecule has 27 heavy (non-hydrogen) atoms. The molecule has 0 amide bonds. The summed E-state index contributed by atoms with van der Waals surface area (Å²) in [5, 5.41) is 16.5. The highest BCUT2D eigenvalue weighted by atomic mass is 16.3. The average molecular weight is 375 g/mol. The first-order valence-corrected chi connectivity index (χ1v) is 10.6. The van der Waals surface area contributed by atoms with E-state index in [1.165, 1.54) is 5.69 Å². The summed E-state index contributed by atoms with van der Waals surface area (Å²) < 4.78 is 0. The molecule has 0 unspecified atom stereocenters. The van der Waals surface area contributed by atoms with Crippen molar-refractivity contribution in [1.82, 2.24) is 10.6 Å². The minimum atomic E-state index is 0.105. The predicted molar refractivity (Wildman–Crippen MR) is 116 cm³/mol. The first-order chi connectivity index (χ1) is 13.2. The van der Waals surface area contributed by atoms with Gasteiger partial charge in [0, 0.05) is 44.5 Å². The molecule has 3 N–H and O–H groups in total.